The van der Waals surface area contributed by atoms with Crippen molar-refractivity contribution in [3.05, 3.63) is 71.2 Å². The Morgan fingerprint density at radius 2 is 1.56 bits per heavy atom. The van der Waals surface area contributed by atoms with Gasteiger partial charge in [0.15, 0.2) is 0 Å². The van der Waals surface area contributed by atoms with Gasteiger partial charge in [-0.1, -0.05) is 38.1 Å². The molecular weight excluding hydrogens is 407 g/mol. The minimum atomic E-state index is -0.304. The highest BCUT2D eigenvalue weighted by Gasteiger charge is 2.42. The van der Waals surface area contributed by atoms with E-state index in [0.717, 1.165) is 25.1 Å². The fraction of sp³-hybridized carbons (Fsp3) is 0.385. The van der Waals surface area contributed by atoms with Gasteiger partial charge in [0.2, 0.25) is 0 Å². The monoisotopic (exact) mass is 436 g/mol. The summed E-state index contributed by atoms with van der Waals surface area (Å²) in [6.45, 7) is 6.13. The predicted molar refractivity (Wildman–Crippen MR) is 121 cm³/mol. The third-order valence-corrected chi connectivity index (χ3v) is 6.24. The zero-order chi connectivity index (χ0) is 22.8. The quantitative estimate of drug-likeness (QED) is 0.639. The van der Waals surface area contributed by atoms with E-state index in [-0.39, 0.29) is 24.2 Å². The number of carbonyl (C=O) groups excluding carboxylic acids is 2. The largest absolute Gasteiger partial charge is 0.497 e. The van der Waals surface area contributed by atoms with Crippen LogP contribution in [0.2, 0.25) is 0 Å². The highest BCUT2D eigenvalue weighted by atomic mass is 19.1. The van der Waals surface area contributed by atoms with Gasteiger partial charge >= 0.3 is 0 Å². The van der Waals surface area contributed by atoms with E-state index in [4.69, 9.17) is 4.74 Å². The second-order valence-corrected chi connectivity index (χ2v) is 8.94. The summed E-state index contributed by atoms with van der Waals surface area (Å²) in [4.78, 5) is 30.5. The summed E-state index contributed by atoms with van der Waals surface area (Å²) in [6, 6.07) is 13.4. The molecule has 0 spiro atoms. The van der Waals surface area contributed by atoms with Crippen LogP contribution in [0.5, 0.6) is 5.75 Å². The second-order valence-electron chi connectivity index (χ2n) is 8.94. The van der Waals surface area contributed by atoms with Crippen LogP contribution < -0.4 is 4.74 Å². The number of hydrogen-bond acceptors (Lipinski definition) is 4. The Kier molecular flexibility index (Phi) is 6.31. The summed E-state index contributed by atoms with van der Waals surface area (Å²) in [5, 5.41) is 0. The van der Waals surface area contributed by atoms with Crippen molar-refractivity contribution in [2.45, 2.75) is 26.7 Å². The number of rotatable bonds is 6. The van der Waals surface area contributed by atoms with E-state index in [1.54, 1.807) is 31.4 Å². The van der Waals surface area contributed by atoms with E-state index in [1.807, 2.05) is 12.1 Å². The predicted octanol–water partition coefficient (Wildman–Crippen LogP) is 4.13. The molecule has 2 aromatic carbocycles. The van der Waals surface area contributed by atoms with Crippen LogP contribution in [0.15, 0.2) is 54.2 Å². The Hall–Kier alpha value is -3.15. The Bertz CT molecular complexity index is 1020. The lowest BCUT2D eigenvalue weighted by molar-refractivity contribution is -0.137. The molecule has 0 radical (unpaired) electrons. The maximum Gasteiger partial charge on any atom is 0.277 e. The van der Waals surface area contributed by atoms with Crippen molar-refractivity contribution in [3.8, 4) is 5.75 Å². The van der Waals surface area contributed by atoms with Gasteiger partial charge in [0.1, 0.15) is 17.3 Å². The molecular formula is C26H29FN2O3. The van der Waals surface area contributed by atoms with Crippen molar-refractivity contribution in [1.29, 1.82) is 0 Å². The lowest BCUT2D eigenvalue weighted by atomic mass is 9.91. The molecule has 32 heavy (non-hydrogen) atoms. The standard InChI is InChI=1S/C26H29FN2O3/c1-17-14-18(2)16-28(15-17)24-23(20-6-10-22(32-3)11-7-20)25(30)29(26(24)31)13-12-19-4-8-21(27)9-5-19/h4-11,17-18H,12-16H2,1-3H3. The zero-order valence-electron chi connectivity index (χ0n) is 18.8. The number of imide groups is 1. The van der Waals surface area contributed by atoms with Gasteiger partial charge in [-0.05, 0) is 60.1 Å². The van der Waals surface area contributed by atoms with Crippen molar-refractivity contribution in [3.63, 3.8) is 0 Å². The third-order valence-electron chi connectivity index (χ3n) is 6.24. The van der Waals surface area contributed by atoms with Crippen LogP contribution >= 0.6 is 0 Å². The molecule has 0 aliphatic carbocycles. The van der Waals surface area contributed by atoms with Gasteiger partial charge in [0.05, 0.1) is 12.7 Å². The lowest BCUT2D eigenvalue weighted by Crippen LogP contribution is -2.42. The van der Waals surface area contributed by atoms with Gasteiger partial charge in [-0.2, -0.15) is 0 Å². The Labute approximate surface area is 188 Å². The molecule has 6 heteroatoms. The van der Waals surface area contributed by atoms with Gasteiger partial charge in [-0.25, -0.2) is 4.39 Å². The topological polar surface area (TPSA) is 49.9 Å². The molecule has 2 aliphatic rings. The van der Waals surface area contributed by atoms with Crippen LogP contribution in [0.1, 0.15) is 31.4 Å². The Balaban J connectivity index is 1.66. The highest BCUT2D eigenvalue weighted by Crippen LogP contribution is 2.35. The van der Waals surface area contributed by atoms with Crippen molar-refractivity contribution in [2.24, 2.45) is 11.8 Å². The van der Waals surface area contributed by atoms with E-state index in [0.29, 0.717) is 40.8 Å². The number of amides is 2. The number of halogens is 1. The number of piperidine rings is 1. The first kappa shape index (κ1) is 22.1. The van der Waals surface area contributed by atoms with E-state index < -0.39 is 0 Å². The lowest BCUT2D eigenvalue weighted by Gasteiger charge is -2.37. The van der Waals surface area contributed by atoms with Crippen LogP contribution in [-0.4, -0.2) is 48.4 Å². The van der Waals surface area contributed by atoms with Gasteiger partial charge < -0.3 is 9.64 Å². The fourth-order valence-electron chi connectivity index (χ4n) is 4.82. The van der Waals surface area contributed by atoms with E-state index in [2.05, 4.69) is 18.7 Å². The summed E-state index contributed by atoms with van der Waals surface area (Å²) in [5.74, 6) is 0.758. The smallest absolute Gasteiger partial charge is 0.277 e. The van der Waals surface area contributed by atoms with E-state index in [1.165, 1.54) is 17.0 Å². The maximum absolute atomic E-state index is 13.5. The van der Waals surface area contributed by atoms with Crippen LogP contribution in [0.25, 0.3) is 5.57 Å². The molecule has 2 heterocycles. The molecule has 2 unspecified atom stereocenters. The number of likely N-dealkylation sites (tertiary alicyclic amines) is 1. The molecule has 1 fully saturated rings. The average Bonchev–Trinajstić information content (AvgIpc) is 3.02. The SMILES string of the molecule is COc1ccc(C2=C(N3CC(C)CC(C)C3)C(=O)N(CCc3ccc(F)cc3)C2=O)cc1. The van der Waals surface area contributed by atoms with Crippen LogP contribution in [0.3, 0.4) is 0 Å². The Morgan fingerprint density at radius 1 is 0.938 bits per heavy atom. The molecule has 168 valence electrons. The number of benzene rings is 2. The van der Waals surface area contributed by atoms with E-state index in [9.17, 15) is 14.0 Å². The third kappa shape index (κ3) is 4.40. The normalized spacial score (nSPS) is 21.5. The minimum absolute atomic E-state index is 0.246. The molecule has 0 saturated carbocycles. The number of nitrogens with zero attached hydrogens (tertiary/aromatic N) is 2. The molecule has 2 aromatic rings. The molecule has 2 aliphatic heterocycles. The number of methoxy groups -OCH3 is 1. The first-order valence-electron chi connectivity index (χ1n) is 11.1. The summed E-state index contributed by atoms with van der Waals surface area (Å²) < 4.78 is 18.5. The van der Waals surface area contributed by atoms with Gasteiger partial charge in [-0.15, -0.1) is 0 Å². The van der Waals surface area contributed by atoms with Crippen LogP contribution in [0, 0.1) is 17.7 Å². The number of ether oxygens (including phenoxy) is 1. The van der Waals surface area contributed by atoms with Crippen molar-refractivity contribution < 1.29 is 18.7 Å². The van der Waals surface area contributed by atoms with Crippen LogP contribution in [-0.2, 0) is 16.0 Å². The maximum atomic E-state index is 13.5. The van der Waals surface area contributed by atoms with Crippen molar-refractivity contribution in [1.82, 2.24) is 9.80 Å². The molecule has 1 saturated heterocycles. The second kappa shape index (κ2) is 9.15. The van der Waals surface area contributed by atoms with Crippen molar-refractivity contribution in [2.75, 3.05) is 26.7 Å². The molecule has 5 nitrogen and oxygen atoms in total. The minimum Gasteiger partial charge on any atom is -0.497 e. The molecule has 0 bridgehead atoms. The summed E-state index contributed by atoms with van der Waals surface area (Å²) in [5.41, 5.74) is 2.55. The molecule has 2 atom stereocenters. The fourth-order valence-corrected chi connectivity index (χ4v) is 4.82. The summed E-state index contributed by atoms with van der Waals surface area (Å²) in [7, 11) is 1.59. The first-order chi connectivity index (χ1) is 15.4. The molecule has 0 aromatic heterocycles. The number of hydrogen-bond donors (Lipinski definition) is 0. The molecule has 2 amide bonds. The average molecular weight is 437 g/mol. The highest BCUT2D eigenvalue weighted by molar-refractivity contribution is 6.35. The van der Waals surface area contributed by atoms with Crippen LogP contribution in [0.4, 0.5) is 4.39 Å². The summed E-state index contributed by atoms with van der Waals surface area (Å²) >= 11 is 0. The van der Waals surface area contributed by atoms with Gasteiger partial charge in [0, 0.05) is 19.6 Å². The molecule has 0 N–H and O–H groups in total. The van der Waals surface area contributed by atoms with Gasteiger partial charge in [-0.3, -0.25) is 14.5 Å². The molecule has 4 rings (SSSR count). The number of carbonyl (C=O) groups is 2. The van der Waals surface area contributed by atoms with Crippen molar-refractivity contribution >= 4 is 17.4 Å². The Morgan fingerprint density at radius 3 is 2.16 bits per heavy atom. The van der Waals surface area contributed by atoms with E-state index >= 15 is 0 Å². The first-order valence-corrected chi connectivity index (χ1v) is 11.1. The van der Waals surface area contributed by atoms with Gasteiger partial charge in [0.25, 0.3) is 11.8 Å². The zero-order valence-corrected chi connectivity index (χ0v) is 18.8. The summed E-state index contributed by atoms with van der Waals surface area (Å²) in [6.07, 6.45) is 1.59.